The smallest absolute Gasteiger partial charge is 0.133 e. The van der Waals surface area contributed by atoms with Crippen LogP contribution in [0.4, 0.5) is 11.4 Å². The molecule has 0 aliphatic carbocycles. The molecule has 1 aliphatic heterocycles. The highest BCUT2D eigenvalue weighted by Crippen LogP contribution is 2.35. The second-order valence-corrected chi connectivity index (χ2v) is 4.84. The Labute approximate surface area is 124 Å². The molecule has 3 rings (SSSR count). The van der Waals surface area contributed by atoms with Gasteiger partial charge in [0.05, 0.1) is 18.5 Å². The number of ether oxygens (including phenoxy) is 1. The molecule has 2 aromatic rings. The van der Waals surface area contributed by atoms with E-state index in [1.54, 1.807) is 7.11 Å². The molecule has 0 saturated heterocycles. The first-order chi connectivity index (χ1) is 10.2. The minimum atomic E-state index is 0.481. The zero-order valence-electron chi connectivity index (χ0n) is 12.1. The average molecular weight is 279 g/mol. The Morgan fingerprint density at radius 2 is 1.76 bits per heavy atom. The van der Waals surface area contributed by atoms with E-state index in [0.29, 0.717) is 5.84 Å². The molecule has 21 heavy (non-hydrogen) atoms. The number of anilines is 1. The lowest BCUT2D eigenvalue weighted by Crippen LogP contribution is -2.16. The van der Waals surface area contributed by atoms with Crippen LogP contribution in [0, 0.1) is 0 Å². The van der Waals surface area contributed by atoms with Crippen molar-refractivity contribution in [1.29, 1.82) is 0 Å². The third kappa shape index (κ3) is 2.36. The molecule has 1 aliphatic rings. The molecule has 0 amide bonds. The fourth-order valence-electron chi connectivity index (χ4n) is 2.51. The van der Waals surface area contributed by atoms with Gasteiger partial charge in [0.2, 0.25) is 0 Å². The molecule has 106 valence electrons. The van der Waals surface area contributed by atoms with E-state index in [4.69, 9.17) is 10.5 Å². The van der Waals surface area contributed by atoms with Gasteiger partial charge in [-0.2, -0.15) is 0 Å². The van der Waals surface area contributed by atoms with Gasteiger partial charge in [0, 0.05) is 16.8 Å². The van der Waals surface area contributed by atoms with E-state index in [1.165, 1.54) is 0 Å². The Morgan fingerprint density at radius 1 is 1.05 bits per heavy atom. The van der Waals surface area contributed by atoms with Crippen molar-refractivity contribution >= 4 is 22.8 Å². The number of fused-ring (bicyclic) bond motifs is 1. The maximum atomic E-state index is 6.24. The number of aliphatic imine (C=N–C) groups is 1. The number of rotatable bonds is 2. The first-order valence-corrected chi connectivity index (χ1v) is 6.75. The second-order valence-electron chi connectivity index (χ2n) is 4.84. The van der Waals surface area contributed by atoms with Crippen LogP contribution in [0.5, 0.6) is 5.75 Å². The van der Waals surface area contributed by atoms with Gasteiger partial charge in [0.1, 0.15) is 11.6 Å². The number of nitrogens with two attached hydrogens (primary N) is 1. The number of nitrogens with one attached hydrogen (secondary N) is 1. The molecule has 0 saturated carbocycles. The first-order valence-electron chi connectivity index (χ1n) is 6.75. The number of hydrogen-bond acceptors (Lipinski definition) is 4. The SMILES string of the molecule is COc1ccccc1C1=C(C)Nc2ccccc2N=C1N. The van der Waals surface area contributed by atoms with Crippen molar-refractivity contribution in [1.82, 2.24) is 0 Å². The van der Waals surface area contributed by atoms with E-state index in [0.717, 1.165) is 34.0 Å². The van der Waals surface area contributed by atoms with Crippen molar-refractivity contribution in [3.05, 3.63) is 59.8 Å². The summed E-state index contributed by atoms with van der Waals surface area (Å²) in [5, 5.41) is 3.38. The summed E-state index contributed by atoms with van der Waals surface area (Å²) in [4.78, 5) is 4.54. The minimum Gasteiger partial charge on any atom is -0.496 e. The molecule has 0 radical (unpaired) electrons. The fraction of sp³-hybridized carbons (Fsp3) is 0.118. The third-order valence-electron chi connectivity index (χ3n) is 3.47. The van der Waals surface area contributed by atoms with E-state index in [-0.39, 0.29) is 0 Å². The van der Waals surface area contributed by atoms with Crippen LogP contribution < -0.4 is 15.8 Å². The summed E-state index contributed by atoms with van der Waals surface area (Å²) in [5.74, 6) is 1.26. The maximum Gasteiger partial charge on any atom is 0.133 e. The highest BCUT2D eigenvalue weighted by Gasteiger charge is 2.18. The summed E-state index contributed by atoms with van der Waals surface area (Å²) >= 11 is 0. The van der Waals surface area contributed by atoms with Crippen LogP contribution in [-0.2, 0) is 0 Å². The van der Waals surface area contributed by atoms with Gasteiger partial charge in [-0.1, -0.05) is 30.3 Å². The number of nitrogens with zero attached hydrogens (tertiary/aromatic N) is 1. The molecule has 0 aromatic heterocycles. The lowest BCUT2D eigenvalue weighted by molar-refractivity contribution is 0.413. The van der Waals surface area contributed by atoms with E-state index in [2.05, 4.69) is 10.3 Å². The Morgan fingerprint density at radius 3 is 2.57 bits per heavy atom. The summed E-state index contributed by atoms with van der Waals surface area (Å²) < 4.78 is 5.44. The van der Waals surface area contributed by atoms with Gasteiger partial charge < -0.3 is 15.8 Å². The fourth-order valence-corrected chi connectivity index (χ4v) is 2.51. The molecular formula is C17H17N3O. The Kier molecular flexibility index (Phi) is 3.36. The number of hydrogen-bond donors (Lipinski definition) is 2. The van der Waals surface area contributed by atoms with Gasteiger partial charge in [-0.25, -0.2) is 4.99 Å². The van der Waals surface area contributed by atoms with Crippen LogP contribution in [0.2, 0.25) is 0 Å². The van der Waals surface area contributed by atoms with Crippen LogP contribution in [0.1, 0.15) is 12.5 Å². The summed E-state index contributed by atoms with van der Waals surface area (Å²) in [5.41, 5.74) is 10.8. The molecule has 0 atom stereocenters. The second kappa shape index (κ2) is 5.32. The van der Waals surface area contributed by atoms with Gasteiger partial charge in [0.15, 0.2) is 0 Å². The topological polar surface area (TPSA) is 59.6 Å². The van der Waals surface area contributed by atoms with Crippen molar-refractivity contribution in [3.63, 3.8) is 0 Å². The van der Waals surface area contributed by atoms with E-state index >= 15 is 0 Å². The van der Waals surface area contributed by atoms with Gasteiger partial charge in [-0.3, -0.25) is 0 Å². The van der Waals surface area contributed by atoms with Crippen LogP contribution in [-0.4, -0.2) is 12.9 Å². The van der Waals surface area contributed by atoms with Gasteiger partial charge >= 0.3 is 0 Å². The summed E-state index contributed by atoms with van der Waals surface area (Å²) in [6, 6.07) is 15.6. The minimum absolute atomic E-state index is 0.481. The maximum absolute atomic E-state index is 6.24. The van der Waals surface area contributed by atoms with Gasteiger partial charge in [-0.15, -0.1) is 0 Å². The standard InChI is InChI=1S/C17H17N3O/c1-11-16(12-7-3-6-10-15(12)21-2)17(18)20-14-9-5-4-8-13(14)19-11/h3-10,19H,1-2H3,(H2,18,20). The summed E-state index contributed by atoms with van der Waals surface area (Å²) in [7, 11) is 1.65. The van der Waals surface area contributed by atoms with Gasteiger partial charge in [0.25, 0.3) is 0 Å². The van der Waals surface area contributed by atoms with Crippen LogP contribution in [0.15, 0.2) is 59.2 Å². The van der Waals surface area contributed by atoms with Crippen molar-refractivity contribution in [2.45, 2.75) is 6.92 Å². The molecule has 3 N–H and O–H groups in total. The largest absolute Gasteiger partial charge is 0.496 e. The highest BCUT2D eigenvalue weighted by molar-refractivity contribution is 6.25. The zero-order chi connectivity index (χ0) is 14.8. The van der Waals surface area contributed by atoms with Crippen molar-refractivity contribution in [3.8, 4) is 5.75 Å². The normalized spacial score (nSPS) is 13.9. The number of para-hydroxylation sites is 3. The predicted molar refractivity (Wildman–Crippen MR) is 86.9 cm³/mol. The average Bonchev–Trinajstić information content (AvgIpc) is 2.62. The predicted octanol–water partition coefficient (Wildman–Crippen LogP) is 3.54. The molecule has 0 unspecified atom stereocenters. The Balaban J connectivity index is 2.19. The number of allylic oxidation sites excluding steroid dienone is 1. The molecule has 2 aromatic carbocycles. The number of benzene rings is 2. The molecule has 0 spiro atoms. The monoisotopic (exact) mass is 279 g/mol. The third-order valence-corrected chi connectivity index (χ3v) is 3.47. The first kappa shape index (κ1) is 13.2. The van der Waals surface area contributed by atoms with E-state index in [1.807, 2.05) is 55.5 Å². The molecule has 4 nitrogen and oxygen atoms in total. The van der Waals surface area contributed by atoms with Crippen molar-refractivity contribution < 1.29 is 4.74 Å². The molecular weight excluding hydrogens is 262 g/mol. The zero-order valence-corrected chi connectivity index (χ0v) is 12.1. The lowest BCUT2D eigenvalue weighted by Gasteiger charge is -2.14. The lowest BCUT2D eigenvalue weighted by atomic mass is 10.0. The summed E-state index contributed by atoms with van der Waals surface area (Å²) in [6.45, 7) is 1.99. The Hall–Kier alpha value is -2.75. The van der Waals surface area contributed by atoms with E-state index in [9.17, 15) is 0 Å². The highest BCUT2D eigenvalue weighted by atomic mass is 16.5. The number of amidine groups is 1. The number of methoxy groups -OCH3 is 1. The van der Waals surface area contributed by atoms with Crippen LogP contribution >= 0.6 is 0 Å². The van der Waals surface area contributed by atoms with Crippen LogP contribution in [0.25, 0.3) is 5.57 Å². The Bertz CT molecular complexity index is 747. The van der Waals surface area contributed by atoms with Crippen molar-refractivity contribution in [2.24, 2.45) is 10.7 Å². The molecule has 0 bridgehead atoms. The van der Waals surface area contributed by atoms with Gasteiger partial charge in [-0.05, 0) is 25.1 Å². The van der Waals surface area contributed by atoms with E-state index < -0.39 is 0 Å². The molecule has 0 fully saturated rings. The summed E-state index contributed by atoms with van der Waals surface area (Å²) in [6.07, 6.45) is 0. The van der Waals surface area contributed by atoms with Crippen LogP contribution in [0.3, 0.4) is 0 Å². The molecule has 4 heteroatoms. The van der Waals surface area contributed by atoms with Crippen molar-refractivity contribution in [2.75, 3.05) is 12.4 Å². The quantitative estimate of drug-likeness (QED) is 0.884. The molecule has 1 heterocycles.